The number of imide groups is 1. The molecular weight excluding hydrogens is 436 g/mol. The first-order valence-corrected chi connectivity index (χ1v) is 11.1. The number of hydrogen-bond donors (Lipinski definition) is 1. The molecule has 10 nitrogen and oxygen atoms in total. The average molecular weight is 460 g/mol. The smallest absolute Gasteiger partial charge is 0.325 e. The second-order valence-corrected chi connectivity index (χ2v) is 8.13. The van der Waals surface area contributed by atoms with Crippen molar-refractivity contribution in [3.63, 3.8) is 0 Å². The number of nitrogens with one attached hydrogen (secondary N) is 1. The normalized spacial score (nSPS) is 18.1. The van der Waals surface area contributed by atoms with Crippen LogP contribution in [0.3, 0.4) is 0 Å². The van der Waals surface area contributed by atoms with Crippen LogP contribution in [-0.2, 0) is 23.4 Å². The maximum absolute atomic E-state index is 13.6. The van der Waals surface area contributed by atoms with E-state index in [1.54, 1.807) is 54.0 Å². The molecule has 1 N–H and O–H groups in total. The van der Waals surface area contributed by atoms with Crippen molar-refractivity contribution in [2.45, 2.75) is 38.9 Å². The lowest BCUT2D eigenvalue weighted by atomic mass is 9.87. The first-order chi connectivity index (χ1) is 16.4. The largest absolute Gasteiger partial charge is 0.497 e. The molecule has 1 atom stereocenters. The van der Waals surface area contributed by atoms with Crippen molar-refractivity contribution >= 4 is 28.6 Å². The second kappa shape index (κ2) is 7.98. The number of ether oxygens (including phenoxy) is 1. The minimum Gasteiger partial charge on any atom is -0.497 e. The fraction of sp³-hybridized carbons (Fsp3) is 0.292. The number of carbonyl (C=O) groups excluding carboxylic acids is 2. The number of methoxy groups -OCH3 is 1. The first-order valence-electron chi connectivity index (χ1n) is 11.1. The Morgan fingerprint density at radius 1 is 1.00 bits per heavy atom. The molecule has 5 rings (SSSR count). The number of aromatic nitrogens is 4. The van der Waals surface area contributed by atoms with E-state index in [2.05, 4.69) is 15.5 Å². The van der Waals surface area contributed by atoms with E-state index in [0.29, 0.717) is 46.8 Å². The van der Waals surface area contributed by atoms with Crippen LogP contribution in [0.4, 0.5) is 4.79 Å². The Morgan fingerprint density at radius 3 is 2.41 bits per heavy atom. The topological polar surface area (TPSA) is 111 Å². The number of fused-ring (bicyclic) bond motifs is 3. The average Bonchev–Trinajstić information content (AvgIpc) is 3.39. The minimum absolute atomic E-state index is 0.0876. The first kappa shape index (κ1) is 21.6. The Labute approximate surface area is 194 Å². The summed E-state index contributed by atoms with van der Waals surface area (Å²) in [4.78, 5) is 40.7. The van der Waals surface area contributed by atoms with Crippen LogP contribution in [0.5, 0.6) is 5.75 Å². The number of urea groups is 1. The highest BCUT2D eigenvalue weighted by Gasteiger charge is 2.51. The lowest BCUT2D eigenvalue weighted by Gasteiger charge is -2.26. The summed E-state index contributed by atoms with van der Waals surface area (Å²) in [5, 5.41) is 11.9. The lowest BCUT2D eigenvalue weighted by Crippen LogP contribution is -2.43. The van der Waals surface area contributed by atoms with Gasteiger partial charge in [-0.05, 0) is 43.2 Å². The standard InChI is InChI=1S/C24H24N6O4/c1-4-24(15-10-12-16(34-3)13-11-15)21(32)29(23(33)25-24)14-19-26-27-22-28(5-2)20(31)17-8-6-7-9-18(17)30(19)22/h6-13H,4-5,14H2,1-3H3,(H,25,33). The SMILES string of the molecule is CCn1c(=O)c2ccccc2n2c(CN3C(=O)NC(CC)(c4ccc(OC)cc4)C3=O)nnc12. The van der Waals surface area contributed by atoms with Crippen LogP contribution in [0.15, 0.2) is 53.3 Å². The summed E-state index contributed by atoms with van der Waals surface area (Å²) in [7, 11) is 1.57. The van der Waals surface area contributed by atoms with Gasteiger partial charge in [-0.15, -0.1) is 10.2 Å². The highest BCUT2D eigenvalue weighted by Crippen LogP contribution is 2.34. The van der Waals surface area contributed by atoms with E-state index >= 15 is 0 Å². The van der Waals surface area contributed by atoms with Crippen molar-refractivity contribution in [3.05, 3.63) is 70.3 Å². The van der Waals surface area contributed by atoms with Crippen molar-refractivity contribution in [2.75, 3.05) is 7.11 Å². The number of rotatable bonds is 6. The van der Waals surface area contributed by atoms with Gasteiger partial charge in [-0.3, -0.25) is 23.5 Å². The van der Waals surface area contributed by atoms with E-state index < -0.39 is 11.6 Å². The summed E-state index contributed by atoms with van der Waals surface area (Å²) in [6, 6.07) is 13.7. The van der Waals surface area contributed by atoms with E-state index in [0.717, 1.165) is 4.90 Å². The molecule has 0 saturated carbocycles. The molecule has 0 aliphatic carbocycles. The van der Waals surface area contributed by atoms with Gasteiger partial charge in [0.2, 0.25) is 5.78 Å². The zero-order valence-electron chi connectivity index (χ0n) is 19.1. The van der Waals surface area contributed by atoms with E-state index in [4.69, 9.17) is 4.74 Å². The van der Waals surface area contributed by atoms with Crippen LogP contribution in [-0.4, -0.2) is 43.1 Å². The number of para-hydroxylation sites is 1. The predicted octanol–water partition coefficient (Wildman–Crippen LogP) is 2.43. The molecule has 0 spiro atoms. The van der Waals surface area contributed by atoms with Crippen LogP contribution in [0.2, 0.25) is 0 Å². The fourth-order valence-electron chi connectivity index (χ4n) is 4.63. The molecule has 1 aliphatic heterocycles. The second-order valence-electron chi connectivity index (χ2n) is 8.13. The Bertz CT molecular complexity index is 1490. The number of benzene rings is 2. The van der Waals surface area contributed by atoms with E-state index in [1.807, 2.05) is 19.9 Å². The van der Waals surface area contributed by atoms with Gasteiger partial charge in [0.15, 0.2) is 5.82 Å². The number of nitrogens with zero attached hydrogens (tertiary/aromatic N) is 5. The molecular formula is C24H24N6O4. The maximum Gasteiger partial charge on any atom is 0.325 e. The van der Waals surface area contributed by atoms with E-state index in [-0.39, 0.29) is 18.0 Å². The molecule has 1 fully saturated rings. The third-order valence-electron chi connectivity index (χ3n) is 6.48. The van der Waals surface area contributed by atoms with Crippen molar-refractivity contribution < 1.29 is 14.3 Å². The van der Waals surface area contributed by atoms with Crippen LogP contribution in [0, 0.1) is 0 Å². The van der Waals surface area contributed by atoms with Crippen LogP contribution in [0.25, 0.3) is 16.7 Å². The van der Waals surface area contributed by atoms with Gasteiger partial charge < -0.3 is 10.1 Å². The molecule has 0 radical (unpaired) electrons. The highest BCUT2D eigenvalue weighted by atomic mass is 16.5. The van der Waals surface area contributed by atoms with Gasteiger partial charge in [0, 0.05) is 6.54 Å². The Kier molecular flexibility index (Phi) is 5.07. The van der Waals surface area contributed by atoms with E-state index in [9.17, 15) is 14.4 Å². The lowest BCUT2D eigenvalue weighted by molar-refractivity contribution is -0.132. The predicted molar refractivity (Wildman–Crippen MR) is 124 cm³/mol. The van der Waals surface area contributed by atoms with Crippen molar-refractivity contribution in [1.82, 2.24) is 29.4 Å². The number of aryl methyl sites for hydroxylation is 1. The molecule has 174 valence electrons. The summed E-state index contributed by atoms with van der Waals surface area (Å²) in [6.45, 7) is 4.03. The van der Waals surface area contributed by atoms with Crippen LogP contribution in [0.1, 0.15) is 31.7 Å². The zero-order valence-corrected chi connectivity index (χ0v) is 19.1. The van der Waals surface area contributed by atoms with Crippen LogP contribution >= 0.6 is 0 Å². The summed E-state index contributed by atoms with van der Waals surface area (Å²) in [5.41, 5.74) is -0.0505. The summed E-state index contributed by atoms with van der Waals surface area (Å²) in [6.07, 6.45) is 0.374. The molecule has 1 saturated heterocycles. The number of hydrogen-bond acceptors (Lipinski definition) is 6. The van der Waals surface area contributed by atoms with Gasteiger partial charge in [0.05, 0.1) is 24.6 Å². The van der Waals surface area contributed by atoms with E-state index in [1.165, 1.54) is 4.57 Å². The van der Waals surface area contributed by atoms with Gasteiger partial charge in [-0.1, -0.05) is 31.2 Å². The Morgan fingerprint density at radius 2 is 1.74 bits per heavy atom. The Hall–Kier alpha value is -4.21. The molecule has 2 aromatic heterocycles. The maximum atomic E-state index is 13.6. The van der Waals surface area contributed by atoms with Crippen molar-refractivity contribution in [3.8, 4) is 5.75 Å². The van der Waals surface area contributed by atoms with Crippen molar-refractivity contribution in [1.29, 1.82) is 0 Å². The van der Waals surface area contributed by atoms with Crippen LogP contribution < -0.4 is 15.6 Å². The quantitative estimate of drug-likeness (QED) is 0.443. The molecule has 34 heavy (non-hydrogen) atoms. The molecule has 4 aromatic rings. The number of amides is 3. The summed E-state index contributed by atoms with van der Waals surface area (Å²) >= 11 is 0. The van der Waals surface area contributed by atoms with Gasteiger partial charge >= 0.3 is 6.03 Å². The third kappa shape index (κ3) is 2.98. The third-order valence-corrected chi connectivity index (χ3v) is 6.48. The molecule has 3 amide bonds. The Balaban J connectivity index is 1.59. The molecule has 2 aromatic carbocycles. The monoisotopic (exact) mass is 460 g/mol. The van der Waals surface area contributed by atoms with Crippen molar-refractivity contribution in [2.24, 2.45) is 0 Å². The molecule has 1 unspecified atom stereocenters. The zero-order chi connectivity index (χ0) is 24.0. The summed E-state index contributed by atoms with van der Waals surface area (Å²) < 4.78 is 8.48. The highest BCUT2D eigenvalue weighted by molar-refractivity contribution is 6.07. The number of carbonyl (C=O) groups is 2. The molecule has 0 bridgehead atoms. The molecule has 3 heterocycles. The fourth-order valence-corrected chi connectivity index (χ4v) is 4.63. The van der Waals surface area contributed by atoms with Gasteiger partial charge in [0.1, 0.15) is 11.3 Å². The van der Waals surface area contributed by atoms with Gasteiger partial charge in [0.25, 0.3) is 11.5 Å². The molecule has 1 aliphatic rings. The molecule has 10 heteroatoms. The minimum atomic E-state index is -1.18. The van der Waals surface area contributed by atoms with Gasteiger partial charge in [-0.2, -0.15) is 0 Å². The van der Waals surface area contributed by atoms with Gasteiger partial charge in [-0.25, -0.2) is 4.79 Å². The summed E-state index contributed by atoms with van der Waals surface area (Å²) in [5.74, 6) is 1.05.